The van der Waals surface area contributed by atoms with E-state index in [2.05, 4.69) is 0 Å². The lowest BCUT2D eigenvalue weighted by Gasteiger charge is -2.43. The van der Waals surface area contributed by atoms with E-state index in [1.807, 2.05) is 0 Å². The molecule has 0 aromatic rings. The highest BCUT2D eigenvalue weighted by Crippen LogP contribution is 2.39. The number of carboxylic acid groups (broad SMARTS) is 2. The van der Waals surface area contributed by atoms with Crippen LogP contribution in [0.15, 0.2) is 11.3 Å². The van der Waals surface area contributed by atoms with Gasteiger partial charge in [0.15, 0.2) is 0 Å². The lowest BCUT2D eigenvalue weighted by Crippen LogP contribution is -2.54. The van der Waals surface area contributed by atoms with Crippen LogP contribution in [0.4, 0.5) is 0 Å². The van der Waals surface area contributed by atoms with Gasteiger partial charge in [0.2, 0.25) is 5.91 Å². The van der Waals surface area contributed by atoms with Crippen LogP contribution < -0.4 is 0 Å². The lowest BCUT2D eigenvalue weighted by atomic mass is 10.1. The summed E-state index contributed by atoms with van der Waals surface area (Å²) in [5.74, 6) is -2.84. The first-order valence-corrected chi connectivity index (χ1v) is 5.20. The largest absolute Gasteiger partial charge is 0.478 e. The number of hydrogen-bond donors (Lipinski definition) is 2. The molecule has 0 spiro atoms. The summed E-state index contributed by atoms with van der Waals surface area (Å²) < 4.78 is 0. The number of carbonyl (C=O) groups excluding carboxylic acids is 1. The molecule has 1 amide bonds. The van der Waals surface area contributed by atoms with Gasteiger partial charge in [0, 0.05) is 5.75 Å². The minimum absolute atomic E-state index is 0.130. The zero-order chi connectivity index (χ0) is 11.2. The maximum Gasteiger partial charge on any atom is 0.353 e. The van der Waals surface area contributed by atoms with E-state index in [1.165, 1.54) is 11.8 Å². The van der Waals surface area contributed by atoms with Gasteiger partial charge >= 0.3 is 11.9 Å². The van der Waals surface area contributed by atoms with Gasteiger partial charge in [-0.05, 0) is 0 Å². The van der Waals surface area contributed by atoms with Gasteiger partial charge in [-0.15, -0.1) is 11.8 Å². The standard InChI is InChI=1S/C8H7NO5S/c10-4-1-5-9(4)6(8(13)14)3(2-15-5)7(11)12/h5H,1-2H2,(H,11,12)(H,13,14)/t5-/m0/s1. The molecule has 6 nitrogen and oxygen atoms in total. The molecule has 1 atom stereocenters. The molecule has 2 N–H and O–H groups in total. The van der Waals surface area contributed by atoms with Crippen molar-refractivity contribution in [2.24, 2.45) is 0 Å². The number of thioether (sulfide) groups is 1. The predicted molar refractivity (Wildman–Crippen MR) is 50.0 cm³/mol. The van der Waals surface area contributed by atoms with Crippen LogP contribution in [0.25, 0.3) is 0 Å². The highest BCUT2D eigenvalue weighted by atomic mass is 32.2. The topological polar surface area (TPSA) is 94.9 Å². The van der Waals surface area contributed by atoms with Crippen LogP contribution in [0.5, 0.6) is 0 Å². The number of rotatable bonds is 2. The van der Waals surface area contributed by atoms with Crippen molar-refractivity contribution in [1.29, 1.82) is 0 Å². The quantitative estimate of drug-likeness (QED) is 0.632. The van der Waals surface area contributed by atoms with Crippen molar-refractivity contribution in [3.05, 3.63) is 11.3 Å². The molecule has 2 rings (SSSR count). The monoisotopic (exact) mass is 229 g/mol. The second kappa shape index (κ2) is 3.27. The Kier molecular flexibility index (Phi) is 2.18. The minimum atomic E-state index is -1.36. The third-order valence-electron chi connectivity index (χ3n) is 2.31. The van der Waals surface area contributed by atoms with Gasteiger partial charge in [0.1, 0.15) is 5.70 Å². The van der Waals surface area contributed by atoms with Gasteiger partial charge in [-0.1, -0.05) is 0 Å². The smallest absolute Gasteiger partial charge is 0.353 e. The normalized spacial score (nSPS) is 24.7. The van der Waals surface area contributed by atoms with E-state index < -0.39 is 11.9 Å². The van der Waals surface area contributed by atoms with Gasteiger partial charge in [0.05, 0.1) is 17.4 Å². The molecule has 0 aromatic carbocycles. The highest BCUT2D eigenvalue weighted by molar-refractivity contribution is 8.00. The molecule has 2 aliphatic rings. The number of nitrogens with zero attached hydrogens (tertiary/aromatic N) is 1. The van der Waals surface area contributed by atoms with Crippen LogP contribution in [-0.4, -0.2) is 44.1 Å². The van der Waals surface area contributed by atoms with Crippen molar-refractivity contribution in [2.75, 3.05) is 5.75 Å². The Hall–Kier alpha value is -1.50. The second-order valence-corrected chi connectivity index (χ2v) is 4.34. The molecule has 0 unspecified atom stereocenters. The number of amides is 1. The zero-order valence-electron chi connectivity index (χ0n) is 7.47. The molecule has 80 valence electrons. The fraction of sp³-hybridized carbons (Fsp3) is 0.375. The molecule has 0 saturated carbocycles. The van der Waals surface area contributed by atoms with E-state index >= 15 is 0 Å². The van der Waals surface area contributed by atoms with Gasteiger partial charge in [-0.2, -0.15) is 0 Å². The van der Waals surface area contributed by atoms with E-state index in [4.69, 9.17) is 10.2 Å². The maximum atomic E-state index is 11.2. The lowest BCUT2D eigenvalue weighted by molar-refractivity contribution is -0.146. The SMILES string of the molecule is O=C(O)C1=C(C(=O)O)N2C(=O)C[C@@H]2SC1. The number of β-lactam (4-membered cyclic amide) rings is 1. The molecule has 15 heavy (non-hydrogen) atoms. The Labute approximate surface area is 88.5 Å². The summed E-state index contributed by atoms with van der Waals surface area (Å²) in [6.45, 7) is 0. The molecule has 1 saturated heterocycles. The van der Waals surface area contributed by atoms with Crippen molar-refractivity contribution >= 4 is 29.6 Å². The van der Waals surface area contributed by atoms with E-state index in [0.717, 1.165) is 4.90 Å². The first kappa shape index (κ1) is 10.0. The summed E-state index contributed by atoms with van der Waals surface area (Å²) in [5.41, 5.74) is -0.584. The molecule has 2 heterocycles. The Morgan fingerprint density at radius 2 is 2.00 bits per heavy atom. The number of carboxylic acids is 2. The zero-order valence-corrected chi connectivity index (χ0v) is 8.28. The maximum absolute atomic E-state index is 11.2. The third-order valence-corrected chi connectivity index (χ3v) is 3.53. The summed E-state index contributed by atoms with van der Waals surface area (Å²) in [6.07, 6.45) is 0.286. The fourth-order valence-corrected chi connectivity index (χ4v) is 2.83. The number of hydrogen-bond acceptors (Lipinski definition) is 4. The van der Waals surface area contributed by atoms with Crippen LogP contribution >= 0.6 is 11.8 Å². The van der Waals surface area contributed by atoms with Crippen molar-refractivity contribution in [2.45, 2.75) is 11.8 Å². The van der Waals surface area contributed by atoms with E-state index in [0.29, 0.717) is 0 Å². The molecule has 0 aliphatic carbocycles. The number of carbonyl (C=O) groups is 3. The molecular formula is C8H7NO5S. The number of fused-ring (bicyclic) bond motifs is 1. The van der Waals surface area contributed by atoms with E-state index in [1.54, 1.807) is 0 Å². The van der Waals surface area contributed by atoms with Gasteiger partial charge in [-0.25, -0.2) is 9.59 Å². The third kappa shape index (κ3) is 1.39. The van der Waals surface area contributed by atoms with Crippen LogP contribution in [-0.2, 0) is 14.4 Å². The van der Waals surface area contributed by atoms with Crippen LogP contribution in [0, 0.1) is 0 Å². The second-order valence-electron chi connectivity index (χ2n) is 3.17. The Morgan fingerprint density at radius 1 is 1.33 bits per heavy atom. The van der Waals surface area contributed by atoms with Gasteiger partial charge in [-0.3, -0.25) is 9.69 Å². The molecular weight excluding hydrogens is 222 g/mol. The molecule has 1 fully saturated rings. The first-order valence-electron chi connectivity index (χ1n) is 4.15. The fourth-order valence-electron chi connectivity index (χ4n) is 1.58. The van der Waals surface area contributed by atoms with Crippen LogP contribution in [0.1, 0.15) is 6.42 Å². The van der Waals surface area contributed by atoms with E-state index in [9.17, 15) is 14.4 Å². The highest BCUT2D eigenvalue weighted by Gasteiger charge is 2.46. The molecule has 7 heteroatoms. The average molecular weight is 229 g/mol. The van der Waals surface area contributed by atoms with E-state index in [-0.39, 0.29) is 34.7 Å². The summed E-state index contributed by atoms with van der Waals surface area (Å²) in [7, 11) is 0. The molecule has 0 aromatic heterocycles. The minimum Gasteiger partial charge on any atom is -0.478 e. The van der Waals surface area contributed by atoms with Crippen LogP contribution in [0.2, 0.25) is 0 Å². The first-order chi connectivity index (χ1) is 7.02. The summed E-state index contributed by atoms with van der Waals surface area (Å²) in [6, 6.07) is 0. The average Bonchev–Trinajstić information content (AvgIpc) is 2.14. The van der Waals surface area contributed by atoms with Crippen LogP contribution in [0.3, 0.4) is 0 Å². The Balaban J connectivity index is 2.46. The van der Waals surface area contributed by atoms with Crippen molar-refractivity contribution in [1.82, 2.24) is 4.90 Å². The number of aliphatic carboxylic acids is 2. The molecule has 0 radical (unpaired) electrons. The van der Waals surface area contributed by atoms with Crippen molar-refractivity contribution in [3.8, 4) is 0 Å². The summed E-state index contributed by atoms with van der Waals surface area (Å²) in [5, 5.41) is 17.5. The Bertz CT molecular complexity index is 402. The van der Waals surface area contributed by atoms with Crippen molar-refractivity contribution in [3.63, 3.8) is 0 Å². The summed E-state index contributed by atoms with van der Waals surface area (Å²) >= 11 is 1.28. The summed E-state index contributed by atoms with van der Waals surface area (Å²) in [4.78, 5) is 33.9. The molecule has 0 bridgehead atoms. The Morgan fingerprint density at radius 3 is 2.47 bits per heavy atom. The predicted octanol–water partition coefficient (Wildman–Crippen LogP) is -0.285. The van der Waals surface area contributed by atoms with Gasteiger partial charge in [0.25, 0.3) is 0 Å². The molecule has 2 aliphatic heterocycles. The van der Waals surface area contributed by atoms with Gasteiger partial charge < -0.3 is 10.2 Å². The van der Waals surface area contributed by atoms with Crippen molar-refractivity contribution < 1.29 is 24.6 Å².